The number of nitrogens with zero attached hydrogens (tertiary/aromatic N) is 1. The van der Waals surface area contributed by atoms with E-state index in [-0.39, 0.29) is 0 Å². The van der Waals surface area contributed by atoms with Crippen LogP contribution in [0, 0.1) is 11.6 Å². The third-order valence-corrected chi connectivity index (χ3v) is 4.64. The zero-order chi connectivity index (χ0) is 18.4. The van der Waals surface area contributed by atoms with Crippen LogP contribution in [-0.2, 0) is 0 Å². The molecule has 2 nitrogen and oxygen atoms in total. The van der Waals surface area contributed by atoms with Crippen LogP contribution in [0.4, 0.5) is 8.78 Å². The molecule has 4 heteroatoms. The smallest absolute Gasteiger partial charge is 0.144 e. The molecule has 5 rings (SSSR count). The first-order valence-electron chi connectivity index (χ1n) is 8.52. The monoisotopic (exact) mass is 357 g/mol. The minimum atomic E-state index is -0.604. The van der Waals surface area contributed by atoms with Gasteiger partial charge in [-0.25, -0.2) is 8.78 Å². The summed E-state index contributed by atoms with van der Waals surface area (Å²) in [6, 6.07) is 20.7. The maximum absolute atomic E-state index is 13.6. The Hall–Kier alpha value is -3.53. The number of furan rings is 1. The van der Waals surface area contributed by atoms with Gasteiger partial charge in [0.05, 0.1) is 5.69 Å². The van der Waals surface area contributed by atoms with E-state index in [9.17, 15) is 8.78 Å². The second-order valence-corrected chi connectivity index (χ2v) is 6.37. The van der Waals surface area contributed by atoms with E-state index in [1.807, 2.05) is 54.6 Å². The number of hydrogen-bond acceptors (Lipinski definition) is 2. The number of benzene rings is 3. The average molecular weight is 357 g/mol. The molecule has 2 aromatic heterocycles. The minimum Gasteiger partial charge on any atom is -0.455 e. The predicted octanol–water partition coefficient (Wildman–Crippen LogP) is 6.59. The molecule has 3 aromatic carbocycles. The first-order chi connectivity index (χ1) is 13.2. The van der Waals surface area contributed by atoms with Crippen molar-refractivity contribution in [2.24, 2.45) is 0 Å². The number of halogens is 2. The lowest BCUT2D eigenvalue weighted by Gasteiger charge is -2.02. The highest BCUT2D eigenvalue weighted by Gasteiger charge is 2.14. The fourth-order valence-corrected chi connectivity index (χ4v) is 3.42. The Morgan fingerprint density at radius 2 is 1.56 bits per heavy atom. The SMILES string of the molecule is Fc1cc(F)cc(-c2ccc3c(c2)oc2c(-c4ccccn4)cccc23)c1. The first kappa shape index (κ1) is 15.7. The van der Waals surface area contributed by atoms with Crippen molar-refractivity contribution in [3.8, 4) is 22.4 Å². The van der Waals surface area contributed by atoms with Crippen LogP contribution in [0.15, 0.2) is 83.4 Å². The molecular formula is C23H13F2NO. The zero-order valence-corrected chi connectivity index (χ0v) is 14.1. The highest BCUT2D eigenvalue weighted by molar-refractivity contribution is 6.10. The molecule has 0 bridgehead atoms. The van der Waals surface area contributed by atoms with E-state index >= 15 is 0 Å². The second kappa shape index (κ2) is 6.02. The van der Waals surface area contributed by atoms with Crippen molar-refractivity contribution in [1.29, 1.82) is 0 Å². The van der Waals surface area contributed by atoms with Crippen LogP contribution in [0.1, 0.15) is 0 Å². The fraction of sp³-hybridized carbons (Fsp3) is 0. The number of para-hydroxylation sites is 1. The lowest BCUT2D eigenvalue weighted by molar-refractivity contribution is 0.584. The number of fused-ring (bicyclic) bond motifs is 3. The van der Waals surface area contributed by atoms with Crippen LogP contribution in [0.2, 0.25) is 0 Å². The van der Waals surface area contributed by atoms with Gasteiger partial charge in [-0.2, -0.15) is 0 Å². The lowest BCUT2D eigenvalue weighted by Crippen LogP contribution is -1.84. The van der Waals surface area contributed by atoms with Gasteiger partial charge in [0.15, 0.2) is 0 Å². The summed E-state index contributed by atoms with van der Waals surface area (Å²) in [6.45, 7) is 0. The molecule has 0 N–H and O–H groups in total. The summed E-state index contributed by atoms with van der Waals surface area (Å²) in [5.41, 5.74) is 4.31. The average Bonchev–Trinajstić information content (AvgIpc) is 3.06. The summed E-state index contributed by atoms with van der Waals surface area (Å²) >= 11 is 0. The summed E-state index contributed by atoms with van der Waals surface area (Å²) in [5.74, 6) is -1.21. The van der Waals surface area contributed by atoms with E-state index in [0.29, 0.717) is 16.7 Å². The molecule has 0 fully saturated rings. The summed E-state index contributed by atoms with van der Waals surface area (Å²) in [7, 11) is 0. The second-order valence-electron chi connectivity index (χ2n) is 6.37. The highest BCUT2D eigenvalue weighted by atomic mass is 19.1. The van der Waals surface area contributed by atoms with Crippen molar-refractivity contribution in [1.82, 2.24) is 4.98 Å². The van der Waals surface area contributed by atoms with Crippen LogP contribution in [0.25, 0.3) is 44.3 Å². The molecule has 130 valence electrons. The van der Waals surface area contributed by atoms with E-state index < -0.39 is 11.6 Å². The van der Waals surface area contributed by atoms with E-state index in [2.05, 4.69) is 4.98 Å². The quantitative estimate of drug-likeness (QED) is 0.356. The van der Waals surface area contributed by atoms with Gasteiger partial charge in [0.2, 0.25) is 0 Å². The zero-order valence-electron chi connectivity index (χ0n) is 14.1. The molecule has 0 saturated carbocycles. The fourth-order valence-electron chi connectivity index (χ4n) is 3.42. The van der Waals surface area contributed by atoms with Gasteiger partial charge in [0, 0.05) is 28.6 Å². The van der Waals surface area contributed by atoms with Gasteiger partial charge in [-0.1, -0.05) is 24.3 Å². The maximum atomic E-state index is 13.6. The van der Waals surface area contributed by atoms with Crippen LogP contribution < -0.4 is 0 Å². The lowest BCUT2D eigenvalue weighted by atomic mass is 10.0. The maximum Gasteiger partial charge on any atom is 0.144 e. The molecule has 27 heavy (non-hydrogen) atoms. The number of hydrogen-bond donors (Lipinski definition) is 0. The Kier molecular flexibility index (Phi) is 3.50. The molecule has 0 aliphatic carbocycles. The van der Waals surface area contributed by atoms with E-state index in [1.54, 1.807) is 6.20 Å². The van der Waals surface area contributed by atoms with Crippen LogP contribution in [0.3, 0.4) is 0 Å². The van der Waals surface area contributed by atoms with E-state index in [0.717, 1.165) is 33.7 Å². The largest absolute Gasteiger partial charge is 0.455 e. The number of aromatic nitrogens is 1. The summed E-state index contributed by atoms with van der Waals surface area (Å²) in [6.07, 6.45) is 1.74. The molecule has 0 amide bonds. The topological polar surface area (TPSA) is 26.0 Å². The van der Waals surface area contributed by atoms with Gasteiger partial charge in [-0.05, 0) is 53.6 Å². The van der Waals surface area contributed by atoms with Crippen molar-refractivity contribution >= 4 is 21.9 Å². The summed E-state index contributed by atoms with van der Waals surface area (Å²) < 4.78 is 33.3. The van der Waals surface area contributed by atoms with Crippen molar-refractivity contribution in [3.05, 3.63) is 90.6 Å². The van der Waals surface area contributed by atoms with Gasteiger partial charge >= 0.3 is 0 Å². The molecule has 0 aliphatic rings. The van der Waals surface area contributed by atoms with Gasteiger partial charge in [0.25, 0.3) is 0 Å². The molecule has 0 unspecified atom stereocenters. The molecule has 2 heterocycles. The third-order valence-electron chi connectivity index (χ3n) is 4.64. The van der Waals surface area contributed by atoms with E-state index in [1.165, 1.54) is 12.1 Å². The molecule has 0 radical (unpaired) electrons. The predicted molar refractivity (Wildman–Crippen MR) is 102 cm³/mol. The molecule has 0 aliphatic heterocycles. The Balaban J connectivity index is 1.73. The van der Waals surface area contributed by atoms with Crippen molar-refractivity contribution in [2.45, 2.75) is 0 Å². The summed E-state index contributed by atoms with van der Waals surface area (Å²) in [5, 5.41) is 1.92. The highest BCUT2D eigenvalue weighted by Crippen LogP contribution is 2.36. The Morgan fingerprint density at radius 3 is 2.33 bits per heavy atom. The Bertz CT molecular complexity index is 1270. The minimum absolute atomic E-state index is 0.472. The van der Waals surface area contributed by atoms with Crippen LogP contribution in [-0.4, -0.2) is 4.98 Å². The van der Waals surface area contributed by atoms with Gasteiger partial charge in [-0.3, -0.25) is 4.98 Å². The van der Waals surface area contributed by atoms with Crippen molar-refractivity contribution in [2.75, 3.05) is 0 Å². The van der Waals surface area contributed by atoms with Gasteiger partial charge < -0.3 is 4.42 Å². The summed E-state index contributed by atoms with van der Waals surface area (Å²) in [4.78, 5) is 4.41. The first-order valence-corrected chi connectivity index (χ1v) is 8.52. The molecule has 0 spiro atoms. The molecule has 0 saturated heterocycles. The van der Waals surface area contributed by atoms with Gasteiger partial charge in [0.1, 0.15) is 22.8 Å². The van der Waals surface area contributed by atoms with Crippen LogP contribution in [0.5, 0.6) is 0 Å². The standard InChI is InChI=1S/C23H13F2NO/c24-16-10-15(11-17(25)13-16)14-7-8-18-19-4-3-5-20(21-6-1-2-9-26-21)23(19)27-22(18)12-14/h1-13H. The third kappa shape index (κ3) is 2.66. The number of rotatable bonds is 2. The normalized spacial score (nSPS) is 11.3. The van der Waals surface area contributed by atoms with Crippen LogP contribution >= 0.6 is 0 Å². The molecule has 0 atom stereocenters. The number of pyridine rings is 1. The van der Waals surface area contributed by atoms with E-state index in [4.69, 9.17) is 4.42 Å². The Labute approximate surface area is 153 Å². The van der Waals surface area contributed by atoms with Crippen molar-refractivity contribution in [3.63, 3.8) is 0 Å². The van der Waals surface area contributed by atoms with Crippen molar-refractivity contribution < 1.29 is 13.2 Å². The van der Waals surface area contributed by atoms with Gasteiger partial charge in [-0.15, -0.1) is 0 Å². The Morgan fingerprint density at radius 1 is 0.704 bits per heavy atom. The molecular weight excluding hydrogens is 344 g/mol. The molecule has 5 aromatic rings.